The number of amides is 2. The Bertz CT molecular complexity index is 1350. The summed E-state index contributed by atoms with van der Waals surface area (Å²) in [4.78, 5) is 39.4. The minimum atomic E-state index is -0.973. The van der Waals surface area contributed by atoms with E-state index in [1.165, 1.54) is 4.90 Å². The van der Waals surface area contributed by atoms with Gasteiger partial charge in [-0.2, -0.15) is 5.10 Å². The summed E-state index contributed by atoms with van der Waals surface area (Å²) in [7, 11) is 0. The molecule has 35 heavy (non-hydrogen) atoms. The molecular formula is C24H26N8O3. The highest BCUT2D eigenvalue weighted by atomic mass is 16.4. The van der Waals surface area contributed by atoms with Gasteiger partial charge in [0, 0.05) is 49.4 Å². The molecule has 0 aliphatic carbocycles. The second-order valence-corrected chi connectivity index (χ2v) is 8.55. The van der Waals surface area contributed by atoms with Crippen molar-refractivity contribution < 1.29 is 14.7 Å². The molecule has 0 unspecified atom stereocenters. The third-order valence-electron chi connectivity index (χ3n) is 6.29. The van der Waals surface area contributed by atoms with Crippen molar-refractivity contribution in [1.82, 2.24) is 34.6 Å². The molecule has 0 saturated heterocycles. The van der Waals surface area contributed by atoms with E-state index in [4.69, 9.17) is 4.98 Å². The lowest BCUT2D eigenvalue weighted by Gasteiger charge is -2.33. The lowest BCUT2D eigenvalue weighted by molar-refractivity contribution is -0.121. The molecule has 4 aromatic rings. The highest BCUT2D eigenvalue weighted by molar-refractivity contribution is 5.95. The highest BCUT2D eigenvalue weighted by Gasteiger charge is 2.30. The first-order valence-corrected chi connectivity index (χ1v) is 11.5. The monoisotopic (exact) mass is 474 g/mol. The first-order valence-electron chi connectivity index (χ1n) is 11.5. The van der Waals surface area contributed by atoms with Gasteiger partial charge in [0.2, 0.25) is 5.91 Å². The number of hydrogen-bond acceptors (Lipinski definition) is 6. The molecule has 4 heterocycles. The number of rotatable bonds is 7. The van der Waals surface area contributed by atoms with Crippen LogP contribution in [0.5, 0.6) is 0 Å². The molecule has 11 heteroatoms. The van der Waals surface area contributed by atoms with Gasteiger partial charge in [-0.1, -0.05) is 0 Å². The van der Waals surface area contributed by atoms with E-state index in [1.54, 1.807) is 24.7 Å². The zero-order chi connectivity index (χ0) is 24.4. The van der Waals surface area contributed by atoms with Crippen molar-refractivity contribution >= 4 is 28.7 Å². The highest BCUT2D eigenvalue weighted by Crippen LogP contribution is 2.36. The fraction of sp³-hybridized carbons (Fsp3) is 0.333. The van der Waals surface area contributed by atoms with Crippen LogP contribution < -0.4 is 10.2 Å². The van der Waals surface area contributed by atoms with E-state index in [0.717, 1.165) is 28.8 Å². The quantitative estimate of drug-likeness (QED) is 0.420. The van der Waals surface area contributed by atoms with E-state index in [-0.39, 0.29) is 25.0 Å². The standard InChI is InChI=1S/C24H26N8O3/c1-16-4-5-17-18(32(16)24(34)35)6-7-19-23(17)29-21(8-13-30-12-3-11-28-30)31(19)15-22(33)27-14-20-25-9-2-10-26-20/h2-3,6-7,9-12,16H,4-5,8,13-15H2,1H3,(H,27,33)(H,34,35)/t16-/m0/s1. The van der Waals surface area contributed by atoms with Crippen LogP contribution in [0.25, 0.3) is 11.0 Å². The second-order valence-electron chi connectivity index (χ2n) is 8.55. The van der Waals surface area contributed by atoms with Crippen LogP contribution in [0, 0.1) is 0 Å². The number of carbonyl (C=O) groups is 2. The number of nitrogens with zero attached hydrogens (tertiary/aromatic N) is 7. The molecule has 0 bridgehead atoms. The summed E-state index contributed by atoms with van der Waals surface area (Å²) >= 11 is 0. The van der Waals surface area contributed by atoms with Crippen LogP contribution in [0.4, 0.5) is 10.5 Å². The van der Waals surface area contributed by atoms with Crippen molar-refractivity contribution in [3.05, 3.63) is 66.3 Å². The summed E-state index contributed by atoms with van der Waals surface area (Å²) < 4.78 is 3.73. The molecular weight excluding hydrogens is 448 g/mol. The molecule has 0 saturated carbocycles. The number of aromatic nitrogens is 6. The maximum absolute atomic E-state index is 12.9. The van der Waals surface area contributed by atoms with Crippen LogP contribution in [0.2, 0.25) is 0 Å². The van der Waals surface area contributed by atoms with E-state index in [9.17, 15) is 14.7 Å². The van der Waals surface area contributed by atoms with E-state index >= 15 is 0 Å². The average Bonchev–Trinajstić information content (AvgIpc) is 3.49. The maximum atomic E-state index is 12.9. The number of carbonyl (C=O) groups excluding carboxylic acids is 1. The number of aryl methyl sites for hydroxylation is 3. The van der Waals surface area contributed by atoms with Crippen molar-refractivity contribution in [2.24, 2.45) is 0 Å². The minimum Gasteiger partial charge on any atom is -0.465 e. The summed E-state index contributed by atoms with van der Waals surface area (Å²) in [5.41, 5.74) is 3.12. The Morgan fingerprint density at radius 1 is 1.17 bits per heavy atom. The van der Waals surface area contributed by atoms with Gasteiger partial charge < -0.3 is 15.0 Å². The number of hydrogen-bond donors (Lipinski definition) is 2. The molecule has 2 amide bonds. The lowest BCUT2D eigenvalue weighted by Crippen LogP contribution is -2.41. The van der Waals surface area contributed by atoms with E-state index in [0.29, 0.717) is 30.9 Å². The van der Waals surface area contributed by atoms with Crippen molar-refractivity contribution in [1.29, 1.82) is 0 Å². The van der Waals surface area contributed by atoms with Crippen molar-refractivity contribution in [2.75, 3.05) is 4.90 Å². The van der Waals surface area contributed by atoms with Crippen LogP contribution in [-0.2, 0) is 37.3 Å². The molecule has 2 N–H and O–H groups in total. The van der Waals surface area contributed by atoms with Gasteiger partial charge in [0.15, 0.2) is 0 Å². The van der Waals surface area contributed by atoms with E-state index in [1.807, 2.05) is 40.6 Å². The molecule has 11 nitrogen and oxygen atoms in total. The lowest BCUT2D eigenvalue weighted by atomic mass is 9.96. The van der Waals surface area contributed by atoms with Crippen LogP contribution in [0.15, 0.2) is 49.1 Å². The van der Waals surface area contributed by atoms with Gasteiger partial charge in [0.05, 0.1) is 23.3 Å². The summed E-state index contributed by atoms with van der Waals surface area (Å²) in [6.45, 7) is 2.83. The largest absolute Gasteiger partial charge is 0.465 e. The molecule has 3 aromatic heterocycles. The fourth-order valence-electron chi connectivity index (χ4n) is 4.58. The average molecular weight is 475 g/mol. The summed E-state index contributed by atoms with van der Waals surface area (Å²) in [5, 5.41) is 16.9. The number of anilines is 1. The van der Waals surface area contributed by atoms with Gasteiger partial charge in [-0.25, -0.2) is 19.7 Å². The third-order valence-corrected chi connectivity index (χ3v) is 6.29. The number of benzene rings is 1. The summed E-state index contributed by atoms with van der Waals surface area (Å²) in [6.07, 6.45) is 7.91. The zero-order valence-corrected chi connectivity index (χ0v) is 19.3. The zero-order valence-electron chi connectivity index (χ0n) is 19.3. The minimum absolute atomic E-state index is 0.0790. The predicted octanol–water partition coefficient (Wildman–Crippen LogP) is 2.40. The number of nitrogens with one attached hydrogen (secondary N) is 1. The Morgan fingerprint density at radius 3 is 2.74 bits per heavy atom. The topological polar surface area (TPSA) is 131 Å². The third kappa shape index (κ3) is 4.57. The molecule has 1 aliphatic heterocycles. The molecule has 5 rings (SSSR count). The molecule has 1 aliphatic rings. The Balaban J connectivity index is 1.48. The van der Waals surface area contributed by atoms with Gasteiger partial charge in [-0.3, -0.25) is 14.4 Å². The Labute approximate surface area is 201 Å². The van der Waals surface area contributed by atoms with Crippen molar-refractivity contribution in [3.63, 3.8) is 0 Å². The first-order chi connectivity index (χ1) is 17.0. The summed E-state index contributed by atoms with van der Waals surface area (Å²) in [6, 6.07) is 7.17. The molecule has 0 fully saturated rings. The van der Waals surface area contributed by atoms with Crippen molar-refractivity contribution in [3.8, 4) is 0 Å². The Morgan fingerprint density at radius 2 is 2.00 bits per heavy atom. The predicted molar refractivity (Wildman–Crippen MR) is 128 cm³/mol. The molecule has 180 valence electrons. The number of carboxylic acid groups (broad SMARTS) is 1. The number of fused-ring (bicyclic) bond motifs is 3. The van der Waals surface area contributed by atoms with Gasteiger partial charge in [0.25, 0.3) is 0 Å². The van der Waals surface area contributed by atoms with Crippen LogP contribution >= 0.6 is 0 Å². The van der Waals surface area contributed by atoms with Gasteiger partial charge in [0.1, 0.15) is 18.2 Å². The van der Waals surface area contributed by atoms with E-state index in [2.05, 4.69) is 20.4 Å². The Hall–Kier alpha value is -4.28. The summed E-state index contributed by atoms with van der Waals surface area (Å²) in [5.74, 6) is 1.10. The van der Waals surface area contributed by atoms with Gasteiger partial charge in [-0.15, -0.1) is 0 Å². The molecule has 1 atom stereocenters. The van der Waals surface area contributed by atoms with Crippen LogP contribution in [-0.4, -0.2) is 52.4 Å². The maximum Gasteiger partial charge on any atom is 0.412 e. The smallest absolute Gasteiger partial charge is 0.412 e. The fourth-order valence-corrected chi connectivity index (χ4v) is 4.58. The molecule has 0 radical (unpaired) electrons. The molecule has 1 aromatic carbocycles. The van der Waals surface area contributed by atoms with Crippen LogP contribution in [0.3, 0.4) is 0 Å². The SMILES string of the molecule is C[C@H]1CCc2c(ccc3c2nc(CCn2cccn2)n3CC(=O)NCc2ncccn2)N1C(=O)O. The van der Waals surface area contributed by atoms with Crippen molar-refractivity contribution in [2.45, 2.75) is 51.9 Å². The van der Waals surface area contributed by atoms with Gasteiger partial charge in [-0.05, 0) is 44.0 Å². The van der Waals surface area contributed by atoms with E-state index < -0.39 is 6.09 Å². The Kier molecular flexibility index (Phi) is 6.13. The second kappa shape index (κ2) is 9.53. The first kappa shape index (κ1) is 22.5. The van der Waals surface area contributed by atoms with Crippen LogP contribution in [0.1, 0.15) is 30.6 Å². The molecule has 0 spiro atoms. The normalized spacial score (nSPS) is 15.2. The number of imidazole rings is 1. The van der Waals surface area contributed by atoms with Gasteiger partial charge >= 0.3 is 6.09 Å².